The number of aliphatic hydroxyl groups excluding tert-OH is 1. The van der Waals surface area contributed by atoms with Crippen molar-refractivity contribution in [2.75, 3.05) is 39.6 Å². The average molecular weight is 1520 g/mol. The van der Waals surface area contributed by atoms with Gasteiger partial charge in [-0.15, -0.1) is 0 Å². The van der Waals surface area contributed by atoms with Crippen molar-refractivity contribution in [3.05, 3.63) is 0 Å². The van der Waals surface area contributed by atoms with E-state index in [4.69, 9.17) is 37.0 Å². The number of unbranched alkanes of at least 4 members (excludes halogenated alkanes) is 56. The van der Waals surface area contributed by atoms with Crippen LogP contribution >= 0.6 is 15.6 Å². The Kier molecular flexibility index (Phi) is 76.3. The van der Waals surface area contributed by atoms with Gasteiger partial charge in [0.25, 0.3) is 0 Å². The smallest absolute Gasteiger partial charge is 0.462 e. The van der Waals surface area contributed by atoms with E-state index in [0.29, 0.717) is 25.7 Å². The van der Waals surface area contributed by atoms with E-state index in [-0.39, 0.29) is 25.7 Å². The standard InChI is InChI=1S/C85H166O17P2/c1-6-10-13-16-19-22-25-27-29-31-33-34-36-38-40-42-44-50-55-60-65-70-84(89)101-81(75-96-83(88)69-64-59-54-49-43-41-39-37-35-32-30-28-26-23-20-17-14-11-7-2)77-100-104(93,94)98-73-79(86)72-97-103(91,92)99-76-80(74-95-82(87)68-63-58-53-48-24-21-18-15-12-8-3)102-85(90)71-66-61-56-51-46-45-47-52-57-62-67-78(5)9-4/h78-81,86H,6-77H2,1-5H3,(H,91,92)(H,93,94)/t78?,79-,80+,81+/m0/s1. The van der Waals surface area contributed by atoms with Gasteiger partial charge in [-0.1, -0.05) is 407 Å². The van der Waals surface area contributed by atoms with Gasteiger partial charge in [0, 0.05) is 25.7 Å². The summed E-state index contributed by atoms with van der Waals surface area (Å²) in [5.74, 6) is -1.30. The highest BCUT2D eigenvalue weighted by Gasteiger charge is 2.30. The van der Waals surface area contributed by atoms with Crippen LogP contribution in [0.15, 0.2) is 0 Å². The molecule has 6 atom stereocenters. The zero-order valence-corrected chi connectivity index (χ0v) is 70.0. The molecule has 17 nitrogen and oxygen atoms in total. The Morgan fingerprint density at radius 2 is 0.462 bits per heavy atom. The normalized spacial score (nSPS) is 14.0. The molecule has 0 saturated carbocycles. The third-order valence-electron chi connectivity index (χ3n) is 20.4. The first-order chi connectivity index (χ1) is 50.6. The maximum atomic E-state index is 13.1. The molecule has 3 N–H and O–H groups in total. The fourth-order valence-electron chi connectivity index (χ4n) is 13.3. The average Bonchev–Trinajstić information content (AvgIpc) is 0.935. The summed E-state index contributed by atoms with van der Waals surface area (Å²) in [6.45, 7) is 7.37. The number of carbonyl (C=O) groups excluding carboxylic acids is 4. The van der Waals surface area contributed by atoms with Crippen molar-refractivity contribution in [3.8, 4) is 0 Å². The highest BCUT2D eigenvalue weighted by atomic mass is 31.2. The summed E-state index contributed by atoms with van der Waals surface area (Å²) in [4.78, 5) is 73.1. The van der Waals surface area contributed by atoms with E-state index in [0.717, 1.165) is 95.8 Å². The van der Waals surface area contributed by atoms with E-state index in [1.807, 2.05) is 0 Å². The Labute approximate surface area is 638 Å². The van der Waals surface area contributed by atoms with Crippen LogP contribution in [0.3, 0.4) is 0 Å². The van der Waals surface area contributed by atoms with Crippen LogP contribution < -0.4 is 0 Å². The van der Waals surface area contributed by atoms with Crippen LogP contribution in [-0.2, 0) is 65.4 Å². The Balaban J connectivity index is 5.22. The minimum absolute atomic E-state index is 0.107. The molecule has 0 fully saturated rings. The summed E-state index contributed by atoms with van der Waals surface area (Å²) < 4.78 is 68.8. The number of hydrogen-bond donors (Lipinski definition) is 3. The number of rotatable bonds is 85. The molecule has 0 saturated heterocycles. The van der Waals surface area contributed by atoms with Gasteiger partial charge < -0.3 is 33.8 Å². The Hall–Kier alpha value is -1.94. The molecule has 0 radical (unpaired) electrons. The first-order valence-electron chi connectivity index (χ1n) is 44.2. The predicted octanol–water partition coefficient (Wildman–Crippen LogP) is 26.0. The van der Waals surface area contributed by atoms with Gasteiger partial charge in [-0.2, -0.15) is 0 Å². The Bertz CT molecular complexity index is 1980. The Morgan fingerprint density at radius 1 is 0.269 bits per heavy atom. The van der Waals surface area contributed by atoms with Crippen LogP contribution in [0.4, 0.5) is 0 Å². The molecule has 0 aromatic heterocycles. The molecular weight excluding hydrogens is 1350 g/mol. The lowest BCUT2D eigenvalue weighted by Gasteiger charge is -2.21. The van der Waals surface area contributed by atoms with Crippen molar-refractivity contribution in [1.82, 2.24) is 0 Å². The molecule has 0 aliphatic rings. The zero-order valence-electron chi connectivity index (χ0n) is 68.2. The van der Waals surface area contributed by atoms with Gasteiger partial charge in [-0.25, -0.2) is 9.13 Å². The van der Waals surface area contributed by atoms with Crippen LogP contribution in [0.2, 0.25) is 0 Å². The zero-order chi connectivity index (χ0) is 76.2. The van der Waals surface area contributed by atoms with Gasteiger partial charge in [-0.05, 0) is 31.6 Å². The molecule has 0 spiro atoms. The number of phosphoric acid groups is 2. The lowest BCUT2D eigenvalue weighted by atomic mass is 9.99. The quantitative estimate of drug-likeness (QED) is 0.0222. The number of esters is 4. The monoisotopic (exact) mass is 1520 g/mol. The van der Waals surface area contributed by atoms with Crippen LogP contribution in [0.5, 0.6) is 0 Å². The Morgan fingerprint density at radius 3 is 0.683 bits per heavy atom. The molecule has 0 amide bonds. The first-order valence-corrected chi connectivity index (χ1v) is 47.2. The van der Waals surface area contributed by atoms with Crippen LogP contribution in [0.25, 0.3) is 0 Å². The van der Waals surface area contributed by atoms with Crippen molar-refractivity contribution >= 4 is 39.5 Å². The highest BCUT2D eigenvalue weighted by molar-refractivity contribution is 7.47. The molecule has 19 heteroatoms. The topological polar surface area (TPSA) is 237 Å². The lowest BCUT2D eigenvalue weighted by Crippen LogP contribution is -2.30. The van der Waals surface area contributed by atoms with E-state index in [2.05, 4.69) is 34.6 Å². The van der Waals surface area contributed by atoms with Crippen LogP contribution in [0, 0.1) is 5.92 Å². The summed E-state index contributed by atoms with van der Waals surface area (Å²) in [5, 5.41) is 10.7. The SMILES string of the molecule is CCCCCCCCCCCCCCCCCCCCCCCC(=O)O[C@H](COC(=O)CCCCCCCCCCCCCCCCCCCCC)COP(=O)(O)OC[C@@H](O)COP(=O)(O)OC[C@@H](COC(=O)CCCCCCCCCCCC)OC(=O)CCCCCCCCCCCCC(C)CC. The maximum Gasteiger partial charge on any atom is 0.472 e. The van der Waals surface area contributed by atoms with E-state index in [1.54, 1.807) is 0 Å². The van der Waals surface area contributed by atoms with Crippen molar-refractivity contribution in [3.63, 3.8) is 0 Å². The van der Waals surface area contributed by atoms with Gasteiger partial charge in [0.2, 0.25) is 0 Å². The maximum absolute atomic E-state index is 13.1. The van der Waals surface area contributed by atoms with Crippen molar-refractivity contribution in [1.29, 1.82) is 0 Å². The fraction of sp³-hybridized carbons (Fsp3) is 0.953. The number of aliphatic hydroxyl groups is 1. The van der Waals surface area contributed by atoms with Crippen molar-refractivity contribution in [2.24, 2.45) is 5.92 Å². The van der Waals surface area contributed by atoms with E-state index < -0.39 is 97.5 Å². The second-order valence-electron chi connectivity index (χ2n) is 30.8. The van der Waals surface area contributed by atoms with Crippen LogP contribution in [-0.4, -0.2) is 96.7 Å². The number of phosphoric ester groups is 2. The molecule has 0 aromatic carbocycles. The molecule has 0 bridgehead atoms. The minimum Gasteiger partial charge on any atom is -0.462 e. The number of ether oxygens (including phenoxy) is 4. The summed E-state index contributed by atoms with van der Waals surface area (Å²) in [5.41, 5.74) is 0. The summed E-state index contributed by atoms with van der Waals surface area (Å²) in [7, 11) is -9.92. The van der Waals surface area contributed by atoms with Gasteiger partial charge in [0.1, 0.15) is 19.3 Å². The molecule has 3 unspecified atom stereocenters. The predicted molar refractivity (Wildman–Crippen MR) is 428 cm³/mol. The molecule has 0 rings (SSSR count). The molecule has 0 heterocycles. The fourth-order valence-corrected chi connectivity index (χ4v) is 14.8. The van der Waals surface area contributed by atoms with E-state index >= 15 is 0 Å². The molecule has 618 valence electrons. The van der Waals surface area contributed by atoms with E-state index in [1.165, 1.54) is 283 Å². The van der Waals surface area contributed by atoms with Gasteiger partial charge >= 0.3 is 39.5 Å². The molecule has 104 heavy (non-hydrogen) atoms. The second kappa shape index (κ2) is 77.8. The summed E-state index contributed by atoms with van der Waals surface area (Å²) in [6, 6.07) is 0. The van der Waals surface area contributed by atoms with Gasteiger partial charge in [0.05, 0.1) is 26.4 Å². The van der Waals surface area contributed by atoms with Crippen LogP contribution in [0.1, 0.15) is 458 Å². The van der Waals surface area contributed by atoms with Gasteiger partial charge in [-0.3, -0.25) is 37.3 Å². The van der Waals surface area contributed by atoms with E-state index in [9.17, 15) is 43.2 Å². The third-order valence-corrected chi connectivity index (χ3v) is 22.3. The summed E-state index contributed by atoms with van der Waals surface area (Å²) >= 11 is 0. The molecular formula is C85H166O17P2. The molecule has 0 aromatic rings. The second-order valence-corrected chi connectivity index (χ2v) is 33.7. The first kappa shape index (κ1) is 102. The minimum atomic E-state index is -4.96. The lowest BCUT2D eigenvalue weighted by molar-refractivity contribution is -0.161. The number of hydrogen-bond acceptors (Lipinski definition) is 15. The summed E-state index contributed by atoms with van der Waals surface area (Å²) in [6.07, 6.45) is 70.8. The number of carbonyl (C=O) groups is 4. The molecule has 0 aliphatic heterocycles. The van der Waals surface area contributed by atoms with Gasteiger partial charge in [0.15, 0.2) is 12.2 Å². The molecule has 0 aliphatic carbocycles. The van der Waals surface area contributed by atoms with Crippen molar-refractivity contribution < 1.29 is 80.2 Å². The largest absolute Gasteiger partial charge is 0.472 e. The highest BCUT2D eigenvalue weighted by Crippen LogP contribution is 2.45. The van der Waals surface area contributed by atoms with Crippen molar-refractivity contribution in [2.45, 2.75) is 477 Å². The third kappa shape index (κ3) is 76.8.